The number of alkyl halides is 2. The molecule has 1 aliphatic rings. The fraction of sp³-hybridized carbons (Fsp3) is 0.538. The molecule has 2 N–H and O–H groups in total. The summed E-state index contributed by atoms with van der Waals surface area (Å²) in [5.41, 5.74) is 6.26. The van der Waals surface area contributed by atoms with E-state index in [1.165, 1.54) is 6.07 Å². The molecule has 2 rings (SSSR count). The molecule has 0 bridgehead atoms. The molecular formula is C13H17F3N2O. The van der Waals surface area contributed by atoms with Crippen LogP contribution in [0.5, 0.6) is 5.75 Å². The SMILES string of the molecule is NC1CCN(c2ccc(OCC(F)F)cc2F)CC1. The molecule has 1 fully saturated rings. The maximum atomic E-state index is 13.9. The Morgan fingerprint density at radius 3 is 2.58 bits per heavy atom. The van der Waals surface area contributed by atoms with Crippen LogP contribution in [0.15, 0.2) is 18.2 Å². The summed E-state index contributed by atoms with van der Waals surface area (Å²) in [6.07, 6.45) is -0.919. The molecule has 3 nitrogen and oxygen atoms in total. The van der Waals surface area contributed by atoms with Gasteiger partial charge >= 0.3 is 0 Å². The summed E-state index contributed by atoms with van der Waals surface area (Å²) in [5.74, 6) is -0.336. The van der Waals surface area contributed by atoms with Crippen LogP contribution in [-0.4, -0.2) is 32.2 Å². The zero-order valence-electron chi connectivity index (χ0n) is 10.5. The van der Waals surface area contributed by atoms with Crippen LogP contribution in [0.3, 0.4) is 0 Å². The number of nitrogens with zero attached hydrogens (tertiary/aromatic N) is 1. The lowest BCUT2D eigenvalue weighted by Crippen LogP contribution is -2.40. The number of rotatable bonds is 4. The molecule has 0 unspecified atom stereocenters. The van der Waals surface area contributed by atoms with Gasteiger partial charge in [-0.2, -0.15) is 0 Å². The maximum Gasteiger partial charge on any atom is 0.272 e. The molecule has 0 aliphatic carbocycles. The Kier molecular flexibility index (Phi) is 4.52. The van der Waals surface area contributed by atoms with Crippen molar-refractivity contribution in [3.8, 4) is 5.75 Å². The summed E-state index contributed by atoms with van der Waals surface area (Å²) >= 11 is 0. The third kappa shape index (κ3) is 3.76. The molecular weight excluding hydrogens is 257 g/mol. The van der Waals surface area contributed by atoms with Crippen LogP contribution in [0.1, 0.15) is 12.8 Å². The van der Waals surface area contributed by atoms with Crippen molar-refractivity contribution < 1.29 is 17.9 Å². The summed E-state index contributed by atoms with van der Waals surface area (Å²) in [4.78, 5) is 1.91. The molecule has 106 valence electrons. The molecule has 0 spiro atoms. The standard InChI is InChI=1S/C13H17F3N2O/c14-11-7-10(19-8-13(15)16)1-2-12(11)18-5-3-9(17)4-6-18/h1-2,7,9,13H,3-6,8,17H2. The molecule has 0 atom stereocenters. The number of piperidine rings is 1. The Hall–Kier alpha value is -1.43. The van der Waals surface area contributed by atoms with Crippen molar-refractivity contribution >= 4 is 5.69 Å². The van der Waals surface area contributed by atoms with E-state index in [2.05, 4.69) is 0 Å². The topological polar surface area (TPSA) is 38.5 Å². The Morgan fingerprint density at radius 2 is 2.00 bits per heavy atom. The number of anilines is 1. The highest BCUT2D eigenvalue weighted by Gasteiger charge is 2.19. The summed E-state index contributed by atoms with van der Waals surface area (Å²) in [6.45, 7) is 0.683. The van der Waals surface area contributed by atoms with Gasteiger partial charge in [0.25, 0.3) is 6.43 Å². The first kappa shape index (κ1) is 14.0. The number of benzene rings is 1. The quantitative estimate of drug-likeness (QED) is 0.916. The maximum absolute atomic E-state index is 13.9. The van der Waals surface area contributed by atoms with Gasteiger partial charge in [-0.15, -0.1) is 0 Å². The molecule has 0 radical (unpaired) electrons. The third-order valence-corrected chi connectivity index (χ3v) is 3.18. The van der Waals surface area contributed by atoms with Crippen LogP contribution < -0.4 is 15.4 Å². The average Bonchev–Trinajstić information content (AvgIpc) is 2.38. The van der Waals surface area contributed by atoms with E-state index >= 15 is 0 Å². The lowest BCUT2D eigenvalue weighted by Gasteiger charge is -2.32. The van der Waals surface area contributed by atoms with Gasteiger partial charge in [-0.25, -0.2) is 13.2 Å². The van der Waals surface area contributed by atoms with Crippen molar-refractivity contribution in [1.82, 2.24) is 0 Å². The lowest BCUT2D eigenvalue weighted by atomic mass is 10.1. The van der Waals surface area contributed by atoms with Crippen LogP contribution in [0, 0.1) is 5.82 Å². The van der Waals surface area contributed by atoms with Gasteiger partial charge in [-0.3, -0.25) is 0 Å². The lowest BCUT2D eigenvalue weighted by molar-refractivity contribution is 0.0817. The summed E-state index contributed by atoms with van der Waals surface area (Å²) in [7, 11) is 0. The number of hydrogen-bond donors (Lipinski definition) is 1. The minimum atomic E-state index is -2.56. The van der Waals surface area contributed by atoms with Crippen LogP contribution >= 0.6 is 0 Å². The number of ether oxygens (including phenoxy) is 1. The van der Waals surface area contributed by atoms with Crippen molar-refractivity contribution in [2.24, 2.45) is 5.73 Å². The fourth-order valence-electron chi connectivity index (χ4n) is 2.13. The highest BCUT2D eigenvalue weighted by Crippen LogP contribution is 2.26. The van der Waals surface area contributed by atoms with E-state index in [9.17, 15) is 13.2 Å². The van der Waals surface area contributed by atoms with Crippen molar-refractivity contribution in [3.05, 3.63) is 24.0 Å². The van der Waals surface area contributed by atoms with Crippen molar-refractivity contribution in [3.63, 3.8) is 0 Å². The molecule has 1 aromatic carbocycles. The van der Waals surface area contributed by atoms with Gasteiger partial charge in [0.15, 0.2) is 0 Å². The zero-order chi connectivity index (χ0) is 13.8. The van der Waals surface area contributed by atoms with E-state index in [4.69, 9.17) is 10.5 Å². The second-order valence-electron chi connectivity index (χ2n) is 4.64. The average molecular weight is 274 g/mol. The van der Waals surface area contributed by atoms with Gasteiger partial charge in [-0.05, 0) is 25.0 Å². The first-order valence-electron chi connectivity index (χ1n) is 6.27. The molecule has 19 heavy (non-hydrogen) atoms. The second-order valence-corrected chi connectivity index (χ2v) is 4.64. The molecule has 1 heterocycles. The Balaban J connectivity index is 2.02. The van der Waals surface area contributed by atoms with Crippen LogP contribution in [0.2, 0.25) is 0 Å². The normalized spacial score (nSPS) is 17.0. The van der Waals surface area contributed by atoms with Crippen molar-refractivity contribution in [1.29, 1.82) is 0 Å². The van der Waals surface area contributed by atoms with Gasteiger partial charge in [-0.1, -0.05) is 0 Å². The predicted octanol–water partition coefficient (Wildman–Crippen LogP) is 2.40. The monoisotopic (exact) mass is 274 g/mol. The van der Waals surface area contributed by atoms with Crippen molar-refractivity contribution in [2.75, 3.05) is 24.6 Å². The molecule has 1 saturated heterocycles. The minimum Gasteiger partial charge on any atom is -0.488 e. The van der Waals surface area contributed by atoms with E-state index in [-0.39, 0.29) is 11.8 Å². The van der Waals surface area contributed by atoms with E-state index in [1.54, 1.807) is 6.07 Å². The number of halogens is 3. The molecule has 0 amide bonds. The first-order valence-corrected chi connectivity index (χ1v) is 6.27. The summed E-state index contributed by atoms with van der Waals surface area (Å²) in [6, 6.07) is 4.39. The van der Waals surface area contributed by atoms with Crippen LogP contribution in [0.4, 0.5) is 18.9 Å². The highest BCUT2D eigenvalue weighted by atomic mass is 19.3. The second kappa shape index (κ2) is 6.14. The predicted molar refractivity (Wildman–Crippen MR) is 67.3 cm³/mol. The minimum absolute atomic E-state index is 0.121. The summed E-state index contributed by atoms with van der Waals surface area (Å²) < 4.78 is 42.7. The Morgan fingerprint density at radius 1 is 1.32 bits per heavy atom. The Bertz CT molecular complexity index is 420. The highest BCUT2D eigenvalue weighted by molar-refractivity contribution is 5.51. The number of hydrogen-bond acceptors (Lipinski definition) is 3. The van der Waals surface area contributed by atoms with Gasteiger partial charge < -0.3 is 15.4 Å². The van der Waals surface area contributed by atoms with Gasteiger partial charge in [0, 0.05) is 25.2 Å². The molecule has 0 aromatic heterocycles. The van der Waals surface area contributed by atoms with Crippen LogP contribution in [0.25, 0.3) is 0 Å². The van der Waals surface area contributed by atoms with Crippen molar-refractivity contribution in [2.45, 2.75) is 25.3 Å². The van der Waals surface area contributed by atoms with E-state index < -0.39 is 18.8 Å². The van der Waals surface area contributed by atoms with Gasteiger partial charge in [0.05, 0.1) is 5.69 Å². The smallest absolute Gasteiger partial charge is 0.272 e. The number of nitrogens with two attached hydrogens (primary N) is 1. The largest absolute Gasteiger partial charge is 0.488 e. The first-order chi connectivity index (χ1) is 9.06. The van der Waals surface area contributed by atoms with Gasteiger partial charge in [0.1, 0.15) is 18.2 Å². The fourth-order valence-corrected chi connectivity index (χ4v) is 2.13. The molecule has 6 heteroatoms. The molecule has 1 aliphatic heterocycles. The zero-order valence-corrected chi connectivity index (χ0v) is 10.5. The Labute approximate surface area is 110 Å². The van der Waals surface area contributed by atoms with E-state index in [0.717, 1.165) is 18.9 Å². The van der Waals surface area contributed by atoms with E-state index in [0.29, 0.717) is 18.8 Å². The third-order valence-electron chi connectivity index (χ3n) is 3.18. The van der Waals surface area contributed by atoms with Crippen LogP contribution in [-0.2, 0) is 0 Å². The molecule has 0 saturated carbocycles. The summed E-state index contributed by atoms with van der Waals surface area (Å²) in [5, 5.41) is 0. The van der Waals surface area contributed by atoms with Gasteiger partial charge in [0.2, 0.25) is 0 Å². The molecule has 1 aromatic rings. The van der Waals surface area contributed by atoms with E-state index in [1.807, 2.05) is 4.90 Å².